The van der Waals surface area contributed by atoms with E-state index in [1.165, 1.54) is 31.3 Å². The molecular weight excluding hydrogens is 222 g/mol. The minimum Gasteiger partial charge on any atom is -0.340 e. The number of para-hydroxylation sites is 2. The van der Waals surface area contributed by atoms with Crippen LogP contribution in [-0.4, -0.2) is 17.0 Å². The minimum absolute atomic E-state index is 0.234. The fourth-order valence-electron chi connectivity index (χ4n) is 2.73. The molecule has 0 saturated heterocycles. The molecule has 3 heteroatoms. The second-order valence-electron chi connectivity index (χ2n) is 4.89. The third-order valence-electron chi connectivity index (χ3n) is 3.67. The maximum absolute atomic E-state index is 4.70. The van der Waals surface area contributed by atoms with Gasteiger partial charge in [0.05, 0.1) is 17.1 Å². The number of imidazole rings is 1. The van der Waals surface area contributed by atoms with E-state index in [0.29, 0.717) is 0 Å². The van der Waals surface area contributed by atoms with Crippen LogP contribution in [0.3, 0.4) is 0 Å². The van der Waals surface area contributed by atoms with Gasteiger partial charge in [-0.25, -0.2) is 4.98 Å². The first-order chi connectivity index (χ1) is 8.88. The summed E-state index contributed by atoms with van der Waals surface area (Å²) >= 11 is 0. The molecule has 2 N–H and O–H groups in total. The van der Waals surface area contributed by atoms with E-state index in [0.717, 1.165) is 16.9 Å². The molecule has 1 unspecified atom stereocenters. The van der Waals surface area contributed by atoms with Gasteiger partial charge in [0, 0.05) is 0 Å². The van der Waals surface area contributed by atoms with Gasteiger partial charge in [-0.15, -0.1) is 0 Å². The summed E-state index contributed by atoms with van der Waals surface area (Å²) in [5, 5.41) is 3.39. The van der Waals surface area contributed by atoms with Crippen molar-refractivity contribution in [1.82, 2.24) is 15.3 Å². The topological polar surface area (TPSA) is 40.7 Å². The SMILES string of the molecule is CNC(C1=CCCCC1)c1nc2ccccc2[nH]1. The highest BCUT2D eigenvalue weighted by molar-refractivity contribution is 5.74. The molecule has 0 radical (unpaired) electrons. The quantitative estimate of drug-likeness (QED) is 0.809. The lowest BCUT2D eigenvalue weighted by molar-refractivity contribution is 0.575. The number of hydrogen-bond acceptors (Lipinski definition) is 2. The molecule has 0 bridgehead atoms. The molecule has 1 aliphatic carbocycles. The molecule has 1 heterocycles. The smallest absolute Gasteiger partial charge is 0.128 e. The number of H-pyrrole nitrogens is 1. The zero-order valence-corrected chi connectivity index (χ0v) is 10.7. The van der Waals surface area contributed by atoms with Crippen LogP contribution < -0.4 is 5.32 Å². The van der Waals surface area contributed by atoms with Gasteiger partial charge < -0.3 is 10.3 Å². The van der Waals surface area contributed by atoms with Gasteiger partial charge in [0.25, 0.3) is 0 Å². The van der Waals surface area contributed by atoms with Crippen molar-refractivity contribution in [3.05, 3.63) is 41.7 Å². The molecule has 0 fully saturated rings. The van der Waals surface area contributed by atoms with Crippen molar-refractivity contribution in [2.75, 3.05) is 7.05 Å². The van der Waals surface area contributed by atoms with Crippen LogP contribution in [0.2, 0.25) is 0 Å². The Labute approximate surface area is 107 Å². The van der Waals surface area contributed by atoms with E-state index in [1.54, 1.807) is 0 Å². The van der Waals surface area contributed by atoms with Crippen molar-refractivity contribution >= 4 is 11.0 Å². The van der Waals surface area contributed by atoms with Crippen LogP contribution in [0.5, 0.6) is 0 Å². The lowest BCUT2D eigenvalue weighted by Gasteiger charge is -2.21. The predicted octanol–water partition coefficient (Wildman–Crippen LogP) is 3.32. The molecule has 0 saturated carbocycles. The maximum atomic E-state index is 4.70. The summed E-state index contributed by atoms with van der Waals surface area (Å²) in [7, 11) is 2.01. The Hall–Kier alpha value is -1.61. The third kappa shape index (κ3) is 2.06. The van der Waals surface area contributed by atoms with Crippen molar-refractivity contribution in [3.8, 4) is 0 Å². The lowest BCUT2D eigenvalue weighted by Crippen LogP contribution is -2.21. The van der Waals surface area contributed by atoms with Gasteiger partial charge in [0.15, 0.2) is 0 Å². The van der Waals surface area contributed by atoms with Crippen molar-refractivity contribution in [2.45, 2.75) is 31.7 Å². The maximum Gasteiger partial charge on any atom is 0.128 e. The molecule has 0 aliphatic heterocycles. The van der Waals surface area contributed by atoms with E-state index in [9.17, 15) is 0 Å². The van der Waals surface area contributed by atoms with Gasteiger partial charge in [-0.05, 0) is 50.4 Å². The number of rotatable bonds is 3. The van der Waals surface area contributed by atoms with Crippen LogP contribution in [0, 0.1) is 0 Å². The fraction of sp³-hybridized carbons (Fsp3) is 0.400. The summed E-state index contributed by atoms with van der Waals surface area (Å²) in [5.41, 5.74) is 3.64. The van der Waals surface area contributed by atoms with Crippen molar-refractivity contribution in [1.29, 1.82) is 0 Å². The number of benzene rings is 1. The molecule has 18 heavy (non-hydrogen) atoms. The average molecular weight is 241 g/mol. The van der Waals surface area contributed by atoms with E-state index in [4.69, 9.17) is 4.98 Å². The van der Waals surface area contributed by atoms with Crippen LogP contribution in [-0.2, 0) is 0 Å². The largest absolute Gasteiger partial charge is 0.340 e. The van der Waals surface area contributed by atoms with Crippen molar-refractivity contribution in [3.63, 3.8) is 0 Å². The number of hydrogen-bond donors (Lipinski definition) is 2. The molecule has 1 aromatic heterocycles. The zero-order chi connectivity index (χ0) is 12.4. The molecule has 0 spiro atoms. The van der Waals surface area contributed by atoms with Gasteiger partial charge in [-0.3, -0.25) is 0 Å². The van der Waals surface area contributed by atoms with Crippen LogP contribution in [0.25, 0.3) is 11.0 Å². The Kier molecular flexibility index (Phi) is 3.15. The van der Waals surface area contributed by atoms with Crippen molar-refractivity contribution in [2.24, 2.45) is 0 Å². The highest BCUT2D eigenvalue weighted by atomic mass is 15.0. The number of fused-ring (bicyclic) bond motifs is 1. The highest BCUT2D eigenvalue weighted by Gasteiger charge is 2.19. The van der Waals surface area contributed by atoms with E-state index in [2.05, 4.69) is 28.5 Å². The molecule has 94 valence electrons. The first kappa shape index (κ1) is 11.5. The Bertz CT molecular complexity index is 535. The summed E-state index contributed by atoms with van der Waals surface area (Å²) in [5.74, 6) is 1.03. The van der Waals surface area contributed by atoms with Gasteiger partial charge in [0.1, 0.15) is 5.82 Å². The van der Waals surface area contributed by atoms with Gasteiger partial charge in [-0.2, -0.15) is 0 Å². The molecule has 0 amide bonds. The highest BCUT2D eigenvalue weighted by Crippen LogP contribution is 2.29. The predicted molar refractivity (Wildman–Crippen MR) is 74.4 cm³/mol. The van der Waals surface area contributed by atoms with Crippen LogP contribution in [0.1, 0.15) is 37.5 Å². The van der Waals surface area contributed by atoms with E-state index < -0.39 is 0 Å². The van der Waals surface area contributed by atoms with Gasteiger partial charge in [0.2, 0.25) is 0 Å². The average Bonchev–Trinajstić information content (AvgIpc) is 2.84. The lowest BCUT2D eigenvalue weighted by atomic mass is 9.93. The number of nitrogens with zero attached hydrogens (tertiary/aromatic N) is 1. The number of aromatic nitrogens is 2. The molecular formula is C15H19N3. The van der Waals surface area contributed by atoms with Crippen LogP contribution >= 0.6 is 0 Å². The second-order valence-corrected chi connectivity index (χ2v) is 4.89. The second kappa shape index (κ2) is 4.94. The monoisotopic (exact) mass is 241 g/mol. The standard InChI is InChI=1S/C15H19N3/c1-16-14(11-7-3-2-4-8-11)15-17-12-9-5-6-10-13(12)18-15/h5-7,9-10,14,16H,2-4,8H2,1H3,(H,17,18). The Balaban J connectivity index is 1.97. The zero-order valence-electron chi connectivity index (χ0n) is 10.7. The van der Waals surface area contributed by atoms with E-state index >= 15 is 0 Å². The summed E-state index contributed by atoms with van der Waals surface area (Å²) < 4.78 is 0. The molecule has 3 nitrogen and oxygen atoms in total. The molecule has 1 aliphatic rings. The first-order valence-electron chi connectivity index (χ1n) is 6.69. The number of nitrogens with one attached hydrogen (secondary N) is 2. The summed E-state index contributed by atoms with van der Waals surface area (Å²) in [6, 6.07) is 8.43. The Morgan fingerprint density at radius 2 is 2.17 bits per heavy atom. The van der Waals surface area contributed by atoms with E-state index in [-0.39, 0.29) is 6.04 Å². The number of aromatic amines is 1. The van der Waals surface area contributed by atoms with Crippen LogP contribution in [0.4, 0.5) is 0 Å². The fourth-order valence-corrected chi connectivity index (χ4v) is 2.73. The molecule has 2 aromatic rings. The third-order valence-corrected chi connectivity index (χ3v) is 3.67. The number of likely N-dealkylation sites (N-methyl/N-ethyl adjacent to an activating group) is 1. The summed E-state index contributed by atoms with van der Waals surface area (Å²) in [6.07, 6.45) is 7.37. The van der Waals surface area contributed by atoms with Crippen molar-refractivity contribution < 1.29 is 0 Å². The minimum atomic E-state index is 0.234. The molecule has 3 rings (SSSR count). The summed E-state index contributed by atoms with van der Waals surface area (Å²) in [4.78, 5) is 8.13. The molecule has 1 aromatic carbocycles. The Morgan fingerprint density at radius 1 is 1.28 bits per heavy atom. The first-order valence-corrected chi connectivity index (χ1v) is 6.69. The van der Waals surface area contributed by atoms with Crippen LogP contribution in [0.15, 0.2) is 35.9 Å². The number of allylic oxidation sites excluding steroid dienone is 1. The molecule has 1 atom stereocenters. The van der Waals surface area contributed by atoms with Gasteiger partial charge in [-0.1, -0.05) is 18.2 Å². The normalized spacial score (nSPS) is 17.7. The van der Waals surface area contributed by atoms with E-state index in [1.807, 2.05) is 19.2 Å². The van der Waals surface area contributed by atoms with Gasteiger partial charge >= 0.3 is 0 Å². The Morgan fingerprint density at radius 3 is 2.89 bits per heavy atom. The summed E-state index contributed by atoms with van der Waals surface area (Å²) in [6.45, 7) is 0.